The summed E-state index contributed by atoms with van der Waals surface area (Å²) >= 11 is 3.42. The number of hydrogen-bond acceptors (Lipinski definition) is 2. The molecule has 0 aliphatic heterocycles. The highest BCUT2D eigenvalue weighted by molar-refractivity contribution is 9.10. The van der Waals surface area contributed by atoms with Gasteiger partial charge in [0.1, 0.15) is 5.75 Å². The molecule has 0 bridgehead atoms. The van der Waals surface area contributed by atoms with Crippen LogP contribution in [0.15, 0.2) is 22.7 Å². The van der Waals surface area contributed by atoms with Crippen molar-refractivity contribution in [2.75, 3.05) is 7.11 Å². The van der Waals surface area contributed by atoms with Crippen molar-refractivity contribution in [3.05, 3.63) is 28.2 Å². The third-order valence-electron chi connectivity index (χ3n) is 1.69. The van der Waals surface area contributed by atoms with Gasteiger partial charge in [-0.05, 0) is 30.7 Å². The monoisotopic (exact) mass is 229 g/mol. The minimum absolute atomic E-state index is 0.0227. The molecule has 3 heteroatoms. The van der Waals surface area contributed by atoms with Crippen molar-refractivity contribution in [3.8, 4) is 5.75 Å². The molecule has 0 saturated carbocycles. The first-order valence-corrected chi connectivity index (χ1v) is 4.53. The molecule has 0 aromatic heterocycles. The summed E-state index contributed by atoms with van der Waals surface area (Å²) in [4.78, 5) is 0. The van der Waals surface area contributed by atoms with Crippen molar-refractivity contribution in [2.45, 2.75) is 13.0 Å². The molecule has 0 aliphatic rings. The molecule has 0 amide bonds. The molecule has 0 aliphatic carbocycles. The Hall–Kier alpha value is -0.540. The van der Waals surface area contributed by atoms with Gasteiger partial charge in [-0.15, -0.1) is 0 Å². The molecule has 1 rings (SSSR count). The van der Waals surface area contributed by atoms with Gasteiger partial charge in [-0.3, -0.25) is 0 Å². The summed E-state index contributed by atoms with van der Waals surface area (Å²) in [6.45, 7) is 1.94. The number of rotatable bonds is 2. The van der Waals surface area contributed by atoms with Gasteiger partial charge in [-0.25, -0.2) is 0 Å². The van der Waals surface area contributed by atoms with Crippen LogP contribution in [0, 0.1) is 0 Å². The maximum absolute atomic E-state index is 5.75. The summed E-state index contributed by atoms with van der Waals surface area (Å²) in [5, 5.41) is 0. The summed E-state index contributed by atoms with van der Waals surface area (Å²) in [5.41, 5.74) is 6.82. The second kappa shape index (κ2) is 3.92. The summed E-state index contributed by atoms with van der Waals surface area (Å²) in [5.74, 6) is 0.838. The average Bonchev–Trinajstić information content (AvgIpc) is 2.05. The van der Waals surface area contributed by atoms with E-state index in [0.29, 0.717) is 0 Å². The fraction of sp³-hybridized carbons (Fsp3) is 0.333. The van der Waals surface area contributed by atoms with E-state index in [1.165, 1.54) is 0 Å². The lowest BCUT2D eigenvalue weighted by molar-refractivity contribution is 0.414. The Morgan fingerprint density at radius 1 is 1.50 bits per heavy atom. The Kier molecular flexibility index (Phi) is 3.12. The molecule has 1 aromatic carbocycles. The van der Waals surface area contributed by atoms with Crippen LogP contribution in [0.1, 0.15) is 18.5 Å². The van der Waals surface area contributed by atoms with Crippen LogP contribution in [-0.4, -0.2) is 7.11 Å². The van der Waals surface area contributed by atoms with E-state index in [-0.39, 0.29) is 6.04 Å². The van der Waals surface area contributed by atoms with Gasteiger partial charge < -0.3 is 10.5 Å². The average molecular weight is 230 g/mol. The first-order chi connectivity index (χ1) is 5.65. The number of hydrogen-bond donors (Lipinski definition) is 1. The lowest BCUT2D eigenvalue weighted by Crippen LogP contribution is -2.05. The van der Waals surface area contributed by atoms with Crippen molar-refractivity contribution in [1.29, 1.82) is 0 Å². The lowest BCUT2D eigenvalue weighted by atomic mass is 10.1. The zero-order valence-corrected chi connectivity index (χ0v) is 8.76. The van der Waals surface area contributed by atoms with E-state index in [9.17, 15) is 0 Å². The number of ether oxygens (including phenoxy) is 1. The second-order valence-corrected chi connectivity index (χ2v) is 3.53. The van der Waals surface area contributed by atoms with Crippen molar-refractivity contribution in [2.24, 2.45) is 5.73 Å². The van der Waals surface area contributed by atoms with Crippen molar-refractivity contribution < 1.29 is 4.74 Å². The fourth-order valence-corrected chi connectivity index (χ4v) is 1.61. The summed E-state index contributed by atoms with van der Waals surface area (Å²) in [6.07, 6.45) is 0. The molecule has 0 fully saturated rings. The van der Waals surface area contributed by atoms with E-state index in [0.717, 1.165) is 15.8 Å². The molecule has 0 saturated heterocycles. The standard InChI is InChI=1S/C9H12BrNO/c1-6(11)8-5-7(12-2)3-4-9(8)10/h3-6H,11H2,1-2H3/t6-/m0/s1. The van der Waals surface area contributed by atoms with Crippen LogP contribution in [0.5, 0.6) is 5.75 Å². The molecule has 12 heavy (non-hydrogen) atoms. The van der Waals surface area contributed by atoms with Gasteiger partial charge in [0.05, 0.1) is 7.11 Å². The lowest BCUT2D eigenvalue weighted by Gasteiger charge is -2.09. The molecule has 1 aromatic rings. The number of methoxy groups -OCH3 is 1. The SMILES string of the molecule is COc1ccc(Br)c([C@H](C)N)c1. The van der Waals surface area contributed by atoms with Gasteiger partial charge in [-0.1, -0.05) is 15.9 Å². The summed E-state index contributed by atoms with van der Waals surface area (Å²) in [7, 11) is 1.65. The Balaban J connectivity index is 3.08. The minimum Gasteiger partial charge on any atom is -0.497 e. The van der Waals surface area contributed by atoms with Crippen molar-refractivity contribution >= 4 is 15.9 Å². The van der Waals surface area contributed by atoms with Gasteiger partial charge in [0.15, 0.2) is 0 Å². The molecule has 0 heterocycles. The zero-order valence-electron chi connectivity index (χ0n) is 7.17. The Labute approximate surface area is 80.8 Å². The van der Waals surface area contributed by atoms with Gasteiger partial charge in [0.25, 0.3) is 0 Å². The van der Waals surface area contributed by atoms with Gasteiger partial charge >= 0.3 is 0 Å². The van der Waals surface area contributed by atoms with Crippen molar-refractivity contribution in [1.82, 2.24) is 0 Å². The third kappa shape index (κ3) is 1.99. The predicted octanol–water partition coefficient (Wildman–Crippen LogP) is 2.48. The predicted molar refractivity (Wildman–Crippen MR) is 53.3 cm³/mol. The summed E-state index contributed by atoms with van der Waals surface area (Å²) < 4.78 is 6.11. The van der Waals surface area contributed by atoms with Crippen LogP contribution in [0.3, 0.4) is 0 Å². The minimum atomic E-state index is 0.0227. The normalized spacial score (nSPS) is 12.7. The van der Waals surface area contributed by atoms with E-state index in [4.69, 9.17) is 10.5 Å². The van der Waals surface area contributed by atoms with E-state index in [2.05, 4.69) is 15.9 Å². The molecule has 2 N–H and O–H groups in total. The van der Waals surface area contributed by atoms with Crippen LogP contribution in [0.2, 0.25) is 0 Å². The highest BCUT2D eigenvalue weighted by Crippen LogP contribution is 2.26. The first kappa shape index (κ1) is 9.55. The summed E-state index contributed by atoms with van der Waals surface area (Å²) in [6, 6.07) is 5.80. The first-order valence-electron chi connectivity index (χ1n) is 3.74. The van der Waals surface area contributed by atoms with Crippen LogP contribution in [-0.2, 0) is 0 Å². The number of halogens is 1. The molecule has 2 nitrogen and oxygen atoms in total. The van der Waals surface area contributed by atoms with E-state index >= 15 is 0 Å². The maximum atomic E-state index is 5.75. The highest BCUT2D eigenvalue weighted by atomic mass is 79.9. The van der Waals surface area contributed by atoms with E-state index < -0.39 is 0 Å². The topological polar surface area (TPSA) is 35.2 Å². The third-order valence-corrected chi connectivity index (χ3v) is 2.42. The molecule has 1 atom stereocenters. The fourth-order valence-electron chi connectivity index (χ4n) is 0.998. The Morgan fingerprint density at radius 3 is 2.67 bits per heavy atom. The van der Waals surface area contributed by atoms with Crippen LogP contribution >= 0.6 is 15.9 Å². The molecule has 0 spiro atoms. The quantitative estimate of drug-likeness (QED) is 0.846. The number of benzene rings is 1. The van der Waals surface area contributed by atoms with Gasteiger partial charge in [0.2, 0.25) is 0 Å². The van der Waals surface area contributed by atoms with E-state index in [1.807, 2.05) is 25.1 Å². The molecular formula is C9H12BrNO. The maximum Gasteiger partial charge on any atom is 0.119 e. The molecule has 0 unspecified atom stereocenters. The van der Waals surface area contributed by atoms with Gasteiger partial charge in [-0.2, -0.15) is 0 Å². The number of nitrogens with two attached hydrogens (primary N) is 1. The largest absolute Gasteiger partial charge is 0.497 e. The smallest absolute Gasteiger partial charge is 0.119 e. The van der Waals surface area contributed by atoms with Gasteiger partial charge in [0, 0.05) is 10.5 Å². The molecule has 66 valence electrons. The van der Waals surface area contributed by atoms with E-state index in [1.54, 1.807) is 7.11 Å². The van der Waals surface area contributed by atoms with Crippen LogP contribution in [0.4, 0.5) is 0 Å². The Bertz CT molecular complexity index is 273. The second-order valence-electron chi connectivity index (χ2n) is 2.68. The zero-order chi connectivity index (χ0) is 9.14. The van der Waals surface area contributed by atoms with Crippen LogP contribution < -0.4 is 10.5 Å². The molecule has 0 radical (unpaired) electrons. The molecular weight excluding hydrogens is 218 g/mol. The highest BCUT2D eigenvalue weighted by Gasteiger charge is 2.05. The van der Waals surface area contributed by atoms with Crippen molar-refractivity contribution in [3.63, 3.8) is 0 Å². The van der Waals surface area contributed by atoms with Crippen LogP contribution in [0.25, 0.3) is 0 Å². The Morgan fingerprint density at radius 2 is 2.17 bits per heavy atom.